The first-order chi connectivity index (χ1) is 12.7. The third kappa shape index (κ3) is 7.03. The smallest absolute Gasteiger partial charge is 0.397 e. The summed E-state index contributed by atoms with van der Waals surface area (Å²) in [5, 5.41) is 3.31. The number of halogens is 4. The first-order valence-corrected chi connectivity index (χ1v) is 9.06. The molecule has 2 heterocycles. The molecule has 2 rings (SSSR count). The summed E-state index contributed by atoms with van der Waals surface area (Å²) in [6.45, 7) is 2.39. The maximum Gasteiger partial charge on any atom is 0.397 e. The van der Waals surface area contributed by atoms with E-state index in [1.165, 1.54) is 4.90 Å². The van der Waals surface area contributed by atoms with E-state index in [1.54, 1.807) is 12.3 Å². The van der Waals surface area contributed by atoms with Gasteiger partial charge in [-0.25, -0.2) is 4.98 Å². The van der Waals surface area contributed by atoms with E-state index in [4.69, 9.17) is 16.3 Å². The van der Waals surface area contributed by atoms with Crippen LogP contribution >= 0.6 is 11.6 Å². The van der Waals surface area contributed by atoms with Crippen molar-refractivity contribution < 1.29 is 22.7 Å². The van der Waals surface area contributed by atoms with E-state index in [-0.39, 0.29) is 18.2 Å². The maximum atomic E-state index is 12.4. The van der Waals surface area contributed by atoms with Gasteiger partial charge in [-0.3, -0.25) is 4.79 Å². The molecule has 1 N–H and O–H groups in total. The molecular weight excluding hydrogens is 383 g/mol. The predicted molar refractivity (Wildman–Crippen MR) is 97.7 cm³/mol. The summed E-state index contributed by atoms with van der Waals surface area (Å²) < 4.78 is 42.9. The molecule has 0 unspecified atom stereocenters. The monoisotopic (exact) mass is 405 g/mol. The van der Waals surface area contributed by atoms with Gasteiger partial charge in [-0.15, -0.1) is 0 Å². The first-order valence-electron chi connectivity index (χ1n) is 8.68. The number of amides is 1. The van der Waals surface area contributed by atoms with Gasteiger partial charge in [-0.2, -0.15) is 13.2 Å². The number of hydrogen-bond acceptors (Lipinski definition) is 4. The lowest BCUT2D eigenvalue weighted by Crippen LogP contribution is -2.33. The van der Waals surface area contributed by atoms with E-state index in [0.29, 0.717) is 18.2 Å². The molecule has 1 aliphatic heterocycles. The summed E-state index contributed by atoms with van der Waals surface area (Å²) in [5.74, 6) is -0.580. The average molecular weight is 406 g/mol. The first kappa shape index (κ1) is 21.5. The normalized spacial score (nSPS) is 18.9. The molecule has 0 radical (unpaired) electrons. The van der Waals surface area contributed by atoms with E-state index >= 15 is 0 Å². The predicted octanol–water partition coefficient (Wildman–Crippen LogP) is 3.68. The summed E-state index contributed by atoms with van der Waals surface area (Å²) in [6.07, 6.45) is 0.436. The van der Waals surface area contributed by atoms with Crippen LogP contribution in [-0.2, 0) is 4.79 Å². The molecule has 1 saturated heterocycles. The Morgan fingerprint density at radius 1 is 1.56 bits per heavy atom. The highest BCUT2D eigenvalue weighted by molar-refractivity contribution is 6.30. The molecular formula is C18H23ClF3N3O2. The van der Waals surface area contributed by atoms with Crippen LogP contribution in [0, 0.1) is 0 Å². The topological polar surface area (TPSA) is 54.5 Å². The Bertz CT molecular complexity index is 682. The number of likely N-dealkylation sites (tertiary alicyclic amines) is 1. The van der Waals surface area contributed by atoms with Gasteiger partial charge in [0.25, 0.3) is 0 Å². The summed E-state index contributed by atoms with van der Waals surface area (Å²) in [7, 11) is 1.89. The van der Waals surface area contributed by atoms with E-state index in [1.807, 2.05) is 19.2 Å². The molecule has 0 aliphatic carbocycles. The molecule has 0 spiro atoms. The largest absolute Gasteiger partial charge is 0.485 e. The second kappa shape index (κ2) is 9.41. The molecule has 1 aromatic rings. The Labute approximate surface area is 161 Å². The van der Waals surface area contributed by atoms with Crippen LogP contribution in [0.4, 0.5) is 13.2 Å². The fraction of sp³-hybridized carbons (Fsp3) is 0.556. The van der Waals surface area contributed by atoms with Crippen LogP contribution in [0.25, 0.3) is 6.08 Å². The molecule has 0 aromatic carbocycles. The number of rotatable bonds is 7. The van der Waals surface area contributed by atoms with Gasteiger partial charge in [-0.1, -0.05) is 23.8 Å². The summed E-state index contributed by atoms with van der Waals surface area (Å²) in [6, 6.07) is 2.08. The Hall–Kier alpha value is -1.80. The van der Waals surface area contributed by atoms with Crippen LogP contribution in [0.1, 0.15) is 31.7 Å². The average Bonchev–Trinajstić information content (AvgIpc) is 3.05. The number of ether oxygens (including phenoxy) is 1. The number of carbonyl (C=O) groups excluding carboxylic acids is 1. The van der Waals surface area contributed by atoms with E-state index in [0.717, 1.165) is 12.0 Å². The van der Waals surface area contributed by atoms with Crippen LogP contribution in [0.3, 0.4) is 0 Å². The van der Waals surface area contributed by atoms with E-state index in [9.17, 15) is 18.0 Å². The van der Waals surface area contributed by atoms with Gasteiger partial charge in [0.15, 0.2) is 10.9 Å². The lowest BCUT2D eigenvalue weighted by atomic mass is 10.2. The molecule has 1 fully saturated rings. The van der Waals surface area contributed by atoms with Gasteiger partial charge in [0.05, 0.1) is 6.54 Å². The quantitative estimate of drug-likeness (QED) is 0.703. The Kier molecular flexibility index (Phi) is 7.49. The number of pyridine rings is 1. The highest BCUT2D eigenvalue weighted by atomic mass is 35.5. The Balaban J connectivity index is 1.95. The van der Waals surface area contributed by atoms with Crippen molar-refractivity contribution in [2.75, 3.05) is 20.1 Å². The van der Waals surface area contributed by atoms with Crippen molar-refractivity contribution in [3.8, 4) is 5.75 Å². The van der Waals surface area contributed by atoms with E-state index in [2.05, 4.69) is 17.2 Å². The summed E-state index contributed by atoms with van der Waals surface area (Å²) in [5.41, 5.74) is 0.806. The minimum atomic E-state index is -4.51. The van der Waals surface area contributed by atoms with Crippen LogP contribution in [0.5, 0.6) is 5.75 Å². The fourth-order valence-corrected chi connectivity index (χ4v) is 2.80. The van der Waals surface area contributed by atoms with Crippen molar-refractivity contribution in [1.82, 2.24) is 15.2 Å². The Morgan fingerprint density at radius 3 is 2.96 bits per heavy atom. The second-order valence-corrected chi connectivity index (χ2v) is 6.90. The van der Waals surface area contributed by atoms with Gasteiger partial charge in [0.2, 0.25) is 5.91 Å². The van der Waals surface area contributed by atoms with Crippen molar-refractivity contribution in [3.05, 3.63) is 29.1 Å². The molecule has 5 nitrogen and oxygen atoms in total. The molecule has 2 atom stereocenters. The minimum Gasteiger partial charge on any atom is -0.485 e. The van der Waals surface area contributed by atoms with Gasteiger partial charge < -0.3 is 15.0 Å². The number of aromatic nitrogens is 1. The molecule has 1 aromatic heterocycles. The number of nitrogens with one attached hydrogen (secondary N) is 1. The molecule has 27 heavy (non-hydrogen) atoms. The zero-order valence-corrected chi connectivity index (χ0v) is 16.0. The standard InChI is InChI=1S/C18H23ClF3N3O2/c1-12(23-2)4-3-5-13-8-15(17(19)24-10-13)27-14-6-7-25(11-14)16(26)9-18(20,21)22/h3,5,8,10,12,14,23H,4,6-7,9,11H2,1-2H3/t12-,14+/m0/s1. The lowest BCUT2D eigenvalue weighted by Gasteiger charge is -2.18. The van der Waals surface area contributed by atoms with Crippen LogP contribution in [-0.4, -0.2) is 54.3 Å². The summed E-state index contributed by atoms with van der Waals surface area (Å²) in [4.78, 5) is 16.9. The van der Waals surface area contributed by atoms with Crippen molar-refractivity contribution in [2.45, 2.75) is 44.5 Å². The third-order valence-corrected chi connectivity index (χ3v) is 4.55. The maximum absolute atomic E-state index is 12.4. The molecule has 9 heteroatoms. The highest BCUT2D eigenvalue weighted by Crippen LogP contribution is 2.28. The minimum absolute atomic E-state index is 0.102. The van der Waals surface area contributed by atoms with Crippen molar-refractivity contribution >= 4 is 23.6 Å². The van der Waals surface area contributed by atoms with Crippen LogP contribution < -0.4 is 10.1 Å². The SMILES string of the molecule is CN[C@@H](C)CC=Cc1cnc(Cl)c(O[C@@H]2CCN(C(=O)CC(F)(F)F)C2)c1. The van der Waals surface area contributed by atoms with Crippen molar-refractivity contribution in [3.63, 3.8) is 0 Å². The fourth-order valence-electron chi connectivity index (χ4n) is 2.66. The zero-order valence-electron chi connectivity index (χ0n) is 15.2. The van der Waals surface area contributed by atoms with Gasteiger partial charge in [-0.05, 0) is 32.0 Å². The molecule has 0 bridgehead atoms. The van der Waals surface area contributed by atoms with Crippen LogP contribution in [0.15, 0.2) is 18.3 Å². The summed E-state index contributed by atoms with van der Waals surface area (Å²) >= 11 is 6.07. The Morgan fingerprint density at radius 2 is 2.30 bits per heavy atom. The van der Waals surface area contributed by atoms with E-state index < -0.39 is 24.6 Å². The number of nitrogens with zero attached hydrogens (tertiary/aromatic N) is 2. The molecule has 1 aliphatic rings. The molecule has 150 valence electrons. The number of carbonyl (C=O) groups is 1. The number of hydrogen-bond donors (Lipinski definition) is 1. The lowest BCUT2D eigenvalue weighted by molar-refractivity contribution is -0.160. The second-order valence-electron chi connectivity index (χ2n) is 6.55. The van der Waals surface area contributed by atoms with Crippen LogP contribution in [0.2, 0.25) is 5.15 Å². The highest BCUT2D eigenvalue weighted by Gasteiger charge is 2.36. The van der Waals surface area contributed by atoms with Gasteiger partial charge >= 0.3 is 6.18 Å². The third-order valence-electron chi connectivity index (χ3n) is 4.26. The van der Waals surface area contributed by atoms with Gasteiger partial charge in [0, 0.05) is 25.2 Å². The molecule has 0 saturated carbocycles. The number of alkyl halides is 3. The van der Waals surface area contributed by atoms with Crippen molar-refractivity contribution in [1.29, 1.82) is 0 Å². The van der Waals surface area contributed by atoms with Crippen molar-refractivity contribution in [2.24, 2.45) is 0 Å². The van der Waals surface area contributed by atoms with Gasteiger partial charge in [0.1, 0.15) is 12.5 Å². The molecule has 1 amide bonds. The zero-order chi connectivity index (χ0) is 20.0.